The van der Waals surface area contributed by atoms with Crippen molar-refractivity contribution in [3.8, 4) is 5.69 Å². The second kappa shape index (κ2) is 5.62. The fourth-order valence-electron chi connectivity index (χ4n) is 1.09. The average Bonchev–Trinajstić information content (AvgIpc) is 2.21. The molecule has 0 radical (unpaired) electrons. The van der Waals surface area contributed by atoms with Gasteiger partial charge >= 0.3 is 51.4 Å². The summed E-state index contributed by atoms with van der Waals surface area (Å²) in [5, 5.41) is 0. The van der Waals surface area contributed by atoms with E-state index in [1.54, 1.807) is 12.4 Å². The first-order valence-corrected chi connectivity index (χ1v) is 3.83. The van der Waals surface area contributed by atoms with E-state index in [0.29, 0.717) is 0 Å². The van der Waals surface area contributed by atoms with Crippen LogP contribution in [-0.4, -0.2) is 4.98 Å². The molecular formula is C10H9KN2+2. The number of aromatic nitrogens is 2. The van der Waals surface area contributed by atoms with Crippen molar-refractivity contribution in [2.45, 2.75) is 0 Å². The normalized spacial score (nSPS) is 8.92. The first-order valence-electron chi connectivity index (χ1n) is 3.83. The number of pyridine rings is 2. The third kappa shape index (κ3) is 2.97. The van der Waals surface area contributed by atoms with Crippen LogP contribution in [0.15, 0.2) is 55.1 Å². The first-order chi connectivity index (χ1) is 5.97. The van der Waals surface area contributed by atoms with Gasteiger partial charge in [0.1, 0.15) is 0 Å². The molecule has 0 unspecified atom stereocenters. The van der Waals surface area contributed by atoms with Crippen LogP contribution in [-0.2, 0) is 0 Å². The van der Waals surface area contributed by atoms with Gasteiger partial charge in [-0.2, -0.15) is 4.57 Å². The van der Waals surface area contributed by atoms with Crippen molar-refractivity contribution in [2.75, 3.05) is 0 Å². The second-order valence-electron chi connectivity index (χ2n) is 2.49. The van der Waals surface area contributed by atoms with E-state index in [2.05, 4.69) is 4.98 Å². The SMILES string of the molecule is [K+].c1cc[n+](-c2ccncc2)cc1. The molecular weight excluding hydrogens is 187 g/mol. The smallest absolute Gasteiger partial charge is 0.264 e. The minimum atomic E-state index is 0. The second-order valence-corrected chi connectivity index (χ2v) is 2.49. The van der Waals surface area contributed by atoms with E-state index in [-0.39, 0.29) is 51.4 Å². The average molecular weight is 196 g/mol. The van der Waals surface area contributed by atoms with Gasteiger partial charge in [0.2, 0.25) is 5.69 Å². The quantitative estimate of drug-likeness (QED) is 0.395. The molecule has 2 rings (SSSR count). The van der Waals surface area contributed by atoms with Gasteiger partial charge in [0.15, 0.2) is 12.4 Å². The summed E-state index contributed by atoms with van der Waals surface area (Å²) in [6, 6.07) is 9.94. The number of rotatable bonds is 1. The Hall–Kier alpha value is -0.0636. The monoisotopic (exact) mass is 196 g/mol. The van der Waals surface area contributed by atoms with Crippen LogP contribution in [0.1, 0.15) is 0 Å². The van der Waals surface area contributed by atoms with Crippen LogP contribution in [0.2, 0.25) is 0 Å². The summed E-state index contributed by atoms with van der Waals surface area (Å²) in [5.41, 5.74) is 1.13. The van der Waals surface area contributed by atoms with E-state index in [1.165, 1.54) is 0 Å². The van der Waals surface area contributed by atoms with Crippen molar-refractivity contribution in [3.63, 3.8) is 0 Å². The maximum absolute atomic E-state index is 3.96. The van der Waals surface area contributed by atoms with Gasteiger partial charge in [0.25, 0.3) is 0 Å². The molecule has 3 heteroatoms. The topological polar surface area (TPSA) is 16.8 Å². The maximum atomic E-state index is 3.96. The summed E-state index contributed by atoms with van der Waals surface area (Å²) in [5.74, 6) is 0. The summed E-state index contributed by atoms with van der Waals surface area (Å²) < 4.78 is 2.04. The molecule has 0 bridgehead atoms. The Balaban J connectivity index is 0.000000845. The molecule has 2 aromatic heterocycles. The molecule has 2 heterocycles. The summed E-state index contributed by atoms with van der Waals surface area (Å²) in [7, 11) is 0. The fourth-order valence-corrected chi connectivity index (χ4v) is 1.09. The molecule has 0 aromatic carbocycles. The summed E-state index contributed by atoms with van der Waals surface area (Å²) >= 11 is 0. The van der Waals surface area contributed by atoms with E-state index < -0.39 is 0 Å². The molecule has 0 fully saturated rings. The summed E-state index contributed by atoms with van der Waals surface area (Å²) in [4.78, 5) is 3.96. The van der Waals surface area contributed by atoms with Crippen LogP contribution in [0, 0.1) is 0 Å². The van der Waals surface area contributed by atoms with E-state index in [4.69, 9.17) is 0 Å². The van der Waals surface area contributed by atoms with Crippen LogP contribution in [0.5, 0.6) is 0 Å². The minimum Gasteiger partial charge on any atom is -0.264 e. The van der Waals surface area contributed by atoms with Crippen molar-refractivity contribution in [1.29, 1.82) is 0 Å². The van der Waals surface area contributed by atoms with Crippen LogP contribution in [0.3, 0.4) is 0 Å². The molecule has 0 atom stereocenters. The third-order valence-electron chi connectivity index (χ3n) is 1.68. The van der Waals surface area contributed by atoms with Crippen molar-refractivity contribution >= 4 is 0 Å². The van der Waals surface area contributed by atoms with Crippen molar-refractivity contribution < 1.29 is 56.0 Å². The van der Waals surface area contributed by atoms with Gasteiger partial charge in [-0.05, 0) is 0 Å². The molecule has 13 heavy (non-hydrogen) atoms. The standard InChI is InChI=1S/C10H9N2.K/c1-2-8-12(9-3-1)10-4-6-11-7-5-10;/h1-9H;/q2*+1. The van der Waals surface area contributed by atoms with Crippen LogP contribution < -0.4 is 56.0 Å². The van der Waals surface area contributed by atoms with Crippen LogP contribution in [0.25, 0.3) is 5.69 Å². The van der Waals surface area contributed by atoms with E-state index >= 15 is 0 Å². The van der Waals surface area contributed by atoms with E-state index in [9.17, 15) is 0 Å². The number of hydrogen-bond acceptors (Lipinski definition) is 1. The Labute approximate surface area is 120 Å². The van der Waals surface area contributed by atoms with E-state index in [0.717, 1.165) is 5.69 Å². The predicted octanol–water partition coefficient (Wildman–Crippen LogP) is -1.64. The number of nitrogens with zero attached hydrogens (tertiary/aromatic N) is 2. The van der Waals surface area contributed by atoms with Crippen LogP contribution in [0.4, 0.5) is 0 Å². The maximum Gasteiger partial charge on any atom is 1.00 e. The Morgan fingerprint density at radius 2 is 1.54 bits per heavy atom. The Morgan fingerprint density at radius 1 is 0.923 bits per heavy atom. The van der Waals surface area contributed by atoms with Gasteiger partial charge in [-0.25, -0.2) is 0 Å². The molecule has 58 valence electrons. The zero-order valence-corrected chi connectivity index (χ0v) is 10.7. The molecule has 0 saturated heterocycles. The first kappa shape index (κ1) is 11.0. The molecule has 0 spiro atoms. The molecule has 0 aliphatic carbocycles. The number of hydrogen-bond donors (Lipinski definition) is 0. The Morgan fingerprint density at radius 3 is 2.15 bits per heavy atom. The van der Waals surface area contributed by atoms with Crippen molar-refractivity contribution in [2.24, 2.45) is 0 Å². The largest absolute Gasteiger partial charge is 1.00 e. The molecule has 0 aliphatic heterocycles. The van der Waals surface area contributed by atoms with Crippen molar-refractivity contribution in [1.82, 2.24) is 4.98 Å². The predicted molar refractivity (Wildman–Crippen MR) is 45.8 cm³/mol. The van der Waals surface area contributed by atoms with Gasteiger partial charge in [-0.3, -0.25) is 4.98 Å². The fraction of sp³-hybridized carbons (Fsp3) is 0. The van der Waals surface area contributed by atoms with Crippen LogP contribution >= 0.6 is 0 Å². The third-order valence-corrected chi connectivity index (χ3v) is 1.68. The van der Waals surface area contributed by atoms with Gasteiger partial charge in [0, 0.05) is 36.7 Å². The van der Waals surface area contributed by atoms with Crippen molar-refractivity contribution in [3.05, 3.63) is 55.1 Å². The molecule has 0 amide bonds. The van der Waals surface area contributed by atoms with Gasteiger partial charge in [-0.1, -0.05) is 6.07 Å². The molecule has 0 saturated carbocycles. The minimum absolute atomic E-state index is 0. The summed E-state index contributed by atoms with van der Waals surface area (Å²) in [6.07, 6.45) is 7.59. The van der Waals surface area contributed by atoms with E-state index in [1.807, 2.05) is 47.3 Å². The molecule has 0 N–H and O–H groups in total. The Kier molecular flexibility index (Phi) is 4.76. The molecule has 2 aromatic rings. The van der Waals surface area contributed by atoms with Gasteiger partial charge in [-0.15, -0.1) is 0 Å². The molecule has 0 aliphatic rings. The van der Waals surface area contributed by atoms with Gasteiger partial charge in [0.05, 0.1) is 0 Å². The molecule has 2 nitrogen and oxygen atoms in total. The Bertz CT molecular complexity index is 310. The zero-order valence-electron chi connectivity index (χ0n) is 7.59. The van der Waals surface area contributed by atoms with Gasteiger partial charge < -0.3 is 0 Å². The summed E-state index contributed by atoms with van der Waals surface area (Å²) in [6.45, 7) is 0. The zero-order chi connectivity index (χ0) is 8.23.